The SMILES string of the molecule is CN=C(NCCc1cc(Cl)c2c(c1)OCCO2)NCC1CCOC1. The van der Waals surface area contributed by atoms with Gasteiger partial charge in [-0.15, -0.1) is 0 Å². The number of nitrogens with one attached hydrogen (secondary N) is 2. The summed E-state index contributed by atoms with van der Waals surface area (Å²) in [6.45, 7) is 4.45. The molecule has 24 heavy (non-hydrogen) atoms. The third kappa shape index (κ3) is 4.45. The second-order valence-corrected chi connectivity index (χ2v) is 6.37. The molecule has 2 aliphatic heterocycles. The molecule has 0 bridgehead atoms. The molecule has 0 spiro atoms. The number of fused-ring (bicyclic) bond motifs is 1. The molecule has 2 N–H and O–H groups in total. The van der Waals surface area contributed by atoms with Crippen LogP contribution in [0.5, 0.6) is 11.5 Å². The van der Waals surface area contributed by atoms with Crippen LogP contribution in [0.3, 0.4) is 0 Å². The van der Waals surface area contributed by atoms with Gasteiger partial charge in [0.2, 0.25) is 0 Å². The topological polar surface area (TPSA) is 64.1 Å². The van der Waals surface area contributed by atoms with Gasteiger partial charge in [0.1, 0.15) is 13.2 Å². The molecule has 2 heterocycles. The molecule has 7 heteroatoms. The summed E-state index contributed by atoms with van der Waals surface area (Å²) in [4.78, 5) is 4.25. The van der Waals surface area contributed by atoms with Crippen LogP contribution < -0.4 is 20.1 Å². The molecule has 1 saturated heterocycles. The fraction of sp³-hybridized carbons (Fsp3) is 0.588. The van der Waals surface area contributed by atoms with Gasteiger partial charge < -0.3 is 24.8 Å². The molecule has 0 radical (unpaired) electrons. The Morgan fingerprint density at radius 3 is 2.92 bits per heavy atom. The predicted octanol–water partition coefficient (Wildman–Crippen LogP) is 1.86. The fourth-order valence-electron chi connectivity index (χ4n) is 2.84. The lowest BCUT2D eigenvalue weighted by molar-refractivity contribution is 0.171. The van der Waals surface area contributed by atoms with Gasteiger partial charge in [0.15, 0.2) is 17.5 Å². The molecular formula is C17H24ClN3O3. The van der Waals surface area contributed by atoms with Gasteiger partial charge in [0.25, 0.3) is 0 Å². The quantitative estimate of drug-likeness (QED) is 0.625. The molecular weight excluding hydrogens is 330 g/mol. The summed E-state index contributed by atoms with van der Waals surface area (Å²) in [6, 6.07) is 3.93. The Morgan fingerprint density at radius 1 is 1.25 bits per heavy atom. The van der Waals surface area contributed by atoms with E-state index < -0.39 is 0 Å². The third-order valence-electron chi connectivity index (χ3n) is 4.17. The lowest BCUT2D eigenvalue weighted by Gasteiger charge is -2.20. The van der Waals surface area contributed by atoms with E-state index in [0.717, 1.165) is 56.4 Å². The first-order valence-electron chi connectivity index (χ1n) is 8.36. The summed E-state index contributed by atoms with van der Waals surface area (Å²) in [5.41, 5.74) is 1.11. The van der Waals surface area contributed by atoms with E-state index in [4.69, 9.17) is 25.8 Å². The summed E-state index contributed by atoms with van der Waals surface area (Å²) >= 11 is 6.27. The van der Waals surface area contributed by atoms with Gasteiger partial charge in [-0.1, -0.05) is 11.6 Å². The lowest BCUT2D eigenvalue weighted by Crippen LogP contribution is -2.40. The largest absolute Gasteiger partial charge is 0.486 e. The maximum absolute atomic E-state index is 6.27. The van der Waals surface area contributed by atoms with Crippen molar-refractivity contribution in [1.82, 2.24) is 10.6 Å². The number of benzene rings is 1. The first kappa shape index (κ1) is 17.2. The van der Waals surface area contributed by atoms with Crippen LogP contribution in [0, 0.1) is 5.92 Å². The van der Waals surface area contributed by atoms with E-state index in [1.807, 2.05) is 12.1 Å². The zero-order valence-corrected chi connectivity index (χ0v) is 14.7. The van der Waals surface area contributed by atoms with Crippen molar-refractivity contribution in [2.75, 3.05) is 46.6 Å². The molecule has 3 rings (SSSR count). The number of aliphatic imine (C=N–C) groups is 1. The van der Waals surface area contributed by atoms with E-state index in [0.29, 0.717) is 29.9 Å². The van der Waals surface area contributed by atoms with Crippen molar-refractivity contribution in [2.24, 2.45) is 10.9 Å². The molecule has 1 aromatic carbocycles. The van der Waals surface area contributed by atoms with Crippen LogP contribution in [0.2, 0.25) is 5.02 Å². The Labute approximate surface area is 147 Å². The maximum Gasteiger partial charge on any atom is 0.190 e. The zero-order valence-electron chi connectivity index (χ0n) is 13.9. The van der Waals surface area contributed by atoms with Gasteiger partial charge in [-0.2, -0.15) is 0 Å². The number of halogens is 1. The van der Waals surface area contributed by atoms with Crippen LogP contribution in [-0.2, 0) is 11.2 Å². The molecule has 0 aromatic heterocycles. The summed E-state index contributed by atoms with van der Waals surface area (Å²) in [7, 11) is 1.78. The summed E-state index contributed by atoms with van der Waals surface area (Å²) in [6.07, 6.45) is 1.93. The van der Waals surface area contributed by atoms with Crippen LogP contribution >= 0.6 is 11.6 Å². The number of hydrogen-bond donors (Lipinski definition) is 2. The van der Waals surface area contributed by atoms with Crippen LogP contribution in [0.25, 0.3) is 0 Å². The first-order valence-corrected chi connectivity index (χ1v) is 8.74. The zero-order chi connectivity index (χ0) is 16.8. The molecule has 0 saturated carbocycles. The van der Waals surface area contributed by atoms with Gasteiger partial charge in [-0.05, 0) is 30.5 Å². The maximum atomic E-state index is 6.27. The number of guanidine groups is 1. The average Bonchev–Trinajstić information content (AvgIpc) is 3.11. The smallest absolute Gasteiger partial charge is 0.190 e. The molecule has 0 amide bonds. The molecule has 1 unspecified atom stereocenters. The van der Waals surface area contributed by atoms with E-state index in [1.54, 1.807) is 7.05 Å². The highest BCUT2D eigenvalue weighted by atomic mass is 35.5. The van der Waals surface area contributed by atoms with Crippen molar-refractivity contribution in [3.8, 4) is 11.5 Å². The average molecular weight is 354 g/mol. The van der Waals surface area contributed by atoms with E-state index in [-0.39, 0.29) is 0 Å². The molecule has 2 aliphatic rings. The highest BCUT2D eigenvalue weighted by Crippen LogP contribution is 2.38. The van der Waals surface area contributed by atoms with Crippen LogP contribution in [-0.4, -0.2) is 52.5 Å². The van der Waals surface area contributed by atoms with Crippen molar-refractivity contribution >= 4 is 17.6 Å². The summed E-state index contributed by atoms with van der Waals surface area (Å²) in [5, 5.41) is 7.27. The highest BCUT2D eigenvalue weighted by molar-refractivity contribution is 6.32. The van der Waals surface area contributed by atoms with Crippen LogP contribution in [0.15, 0.2) is 17.1 Å². The summed E-state index contributed by atoms with van der Waals surface area (Å²) < 4.78 is 16.5. The van der Waals surface area contributed by atoms with Crippen molar-refractivity contribution in [2.45, 2.75) is 12.8 Å². The molecule has 132 valence electrons. The molecule has 6 nitrogen and oxygen atoms in total. The Hall–Kier alpha value is -1.66. The second-order valence-electron chi connectivity index (χ2n) is 5.96. The summed E-state index contributed by atoms with van der Waals surface area (Å²) in [5.74, 6) is 2.76. The first-order chi connectivity index (χ1) is 11.8. The molecule has 1 fully saturated rings. The van der Waals surface area contributed by atoms with Gasteiger partial charge in [-0.25, -0.2) is 0 Å². The van der Waals surface area contributed by atoms with E-state index in [2.05, 4.69) is 15.6 Å². The van der Waals surface area contributed by atoms with Crippen molar-refractivity contribution in [3.63, 3.8) is 0 Å². The lowest BCUT2D eigenvalue weighted by atomic mass is 10.1. The van der Waals surface area contributed by atoms with Crippen LogP contribution in [0.1, 0.15) is 12.0 Å². The standard InChI is InChI=1S/C17H24ClN3O3/c1-19-17(21-10-13-3-5-22-11-13)20-4-2-12-8-14(18)16-15(9-12)23-6-7-24-16/h8-9,13H,2-7,10-11H2,1H3,(H2,19,20,21). The monoisotopic (exact) mass is 353 g/mol. The van der Waals surface area contributed by atoms with Crippen molar-refractivity contribution < 1.29 is 14.2 Å². The van der Waals surface area contributed by atoms with E-state index in [1.165, 1.54) is 0 Å². The predicted molar refractivity (Wildman–Crippen MR) is 94.4 cm³/mol. The van der Waals surface area contributed by atoms with Crippen molar-refractivity contribution in [3.05, 3.63) is 22.7 Å². The minimum absolute atomic E-state index is 0.543. The number of hydrogen-bond acceptors (Lipinski definition) is 4. The van der Waals surface area contributed by atoms with E-state index in [9.17, 15) is 0 Å². The number of nitrogens with zero attached hydrogens (tertiary/aromatic N) is 1. The molecule has 1 aromatic rings. The van der Waals surface area contributed by atoms with Gasteiger partial charge >= 0.3 is 0 Å². The Balaban J connectivity index is 1.47. The highest BCUT2D eigenvalue weighted by Gasteiger charge is 2.17. The molecule has 0 aliphatic carbocycles. The number of ether oxygens (including phenoxy) is 3. The second kappa shape index (κ2) is 8.44. The van der Waals surface area contributed by atoms with Gasteiger partial charge in [-0.3, -0.25) is 4.99 Å². The van der Waals surface area contributed by atoms with Gasteiger partial charge in [0.05, 0.1) is 11.6 Å². The van der Waals surface area contributed by atoms with Crippen LogP contribution in [0.4, 0.5) is 0 Å². The third-order valence-corrected chi connectivity index (χ3v) is 4.45. The normalized spacial score (nSPS) is 20.1. The Kier molecular flexibility index (Phi) is 6.04. The Bertz CT molecular complexity index is 589. The van der Waals surface area contributed by atoms with E-state index >= 15 is 0 Å². The fourth-order valence-corrected chi connectivity index (χ4v) is 3.13. The minimum Gasteiger partial charge on any atom is -0.486 e. The Morgan fingerprint density at radius 2 is 2.12 bits per heavy atom. The van der Waals surface area contributed by atoms with Gasteiger partial charge in [0, 0.05) is 32.7 Å². The molecule has 1 atom stereocenters. The number of rotatable bonds is 5. The minimum atomic E-state index is 0.543. The van der Waals surface area contributed by atoms with Crippen molar-refractivity contribution in [1.29, 1.82) is 0 Å².